The summed E-state index contributed by atoms with van der Waals surface area (Å²) in [6.45, 7) is 7.90. The highest BCUT2D eigenvalue weighted by Crippen LogP contribution is 2.64. The molecular formula is C28H46N2O2. The van der Waals surface area contributed by atoms with Crippen LogP contribution in [0.4, 0.5) is 0 Å². The van der Waals surface area contributed by atoms with Crippen LogP contribution in [0.15, 0.2) is 12.2 Å². The second-order valence-electron chi connectivity index (χ2n) is 11.8. The molecule has 0 aromatic heterocycles. The summed E-state index contributed by atoms with van der Waals surface area (Å²) in [5.74, 6) is 2.56. The van der Waals surface area contributed by atoms with Crippen LogP contribution in [0.1, 0.15) is 104 Å². The molecule has 1 aliphatic heterocycles. The molecule has 0 aromatic rings. The predicted octanol–water partition coefficient (Wildman–Crippen LogP) is 5.77. The first-order chi connectivity index (χ1) is 15.4. The standard InChI is InChI=1S/C28H46N2O2/c1-4-5-6-7-8-9-10-19-29-26(32)23-13-12-21-20-11-14-24-28(3,18-16-25(31)30-24)22(20)15-17-27(21,23)2/h16,18,20-24H,4-15,17,19H2,1-3H3,(H,29,32)(H,30,31)/t20-,21-,22+,23?,24?,27-,28+/m0/s1. The molecule has 2 unspecified atom stereocenters. The Morgan fingerprint density at radius 1 is 1.00 bits per heavy atom. The second-order valence-corrected chi connectivity index (χ2v) is 11.8. The van der Waals surface area contributed by atoms with E-state index in [1.54, 1.807) is 6.08 Å². The van der Waals surface area contributed by atoms with E-state index >= 15 is 0 Å². The van der Waals surface area contributed by atoms with E-state index < -0.39 is 0 Å². The molecule has 32 heavy (non-hydrogen) atoms. The molecule has 0 aromatic carbocycles. The zero-order valence-electron chi connectivity index (χ0n) is 20.8. The Morgan fingerprint density at radius 2 is 1.75 bits per heavy atom. The van der Waals surface area contributed by atoms with Crippen LogP contribution in [0.5, 0.6) is 0 Å². The fourth-order valence-corrected chi connectivity index (χ4v) is 8.18. The maximum absolute atomic E-state index is 13.2. The number of unbranched alkanes of at least 4 members (excludes halogenated alkanes) is 6. The van der Waals surface area contributed by atoms with Gasteiger partial charge in [0, 0.05) is 23.9 Å². The van der Waals surface area contributed by atoms with E-state index in [2.05, 4.69) is 37.5 Å². The third kappa shape index (κ3) is 4.40. The highest BCUT2D eigenvalue weighted by Gasteiger charge is 2.60. The number of fused-ring (bicyclic) bond motifs is 5. The van der Waals surface area contributed by atoms with E-state index in [1.807, 2.05) is 0 Å². The van der Waals surface area contributed by atoms with Crippen molar-refractivity contribution in [3.8, 4) is 0 Å². The SMILES string of the molecule is CCCCCCCCCNC(=O)C1CC[C@H]2[C@@H]3CCC4NC(=O)C=C[C@]4(C)[C@@H]3CC[C@]12C. The van der Waals surface area contributed by atoms with Crippen LogP contribution >= 0.6 is 0 Å². The summed E-state index contributed by atoms with van der Waals surface area (Å²) in [5.41, 5.74) is 0.228. The van der Waals surface area contributed by atoms with E-state index in [0.29, 0.717) is 23.7 Å². The van der Waals surface area contributed by atoms with Gasteiger partial charge in [0.15, 0.2) is 0 Å². The van der Waals surface area contributed by atoms with Crippen LogP contribution in [0.3, 0.4) is 0 Å². The summed E-state index contributed by atoms with van der Waals surface area (Å²) in [6.07, 6.45) is 19.9. The Hall–Kier alpha value is -1.32. The van der Waals surface area contributed by atoms with Crippen LogP contribution in [0.2, 0.25) is 0 Å². The average molecular weight is 443 g/mol. The molecule has 0 radical (unpaired) electrons. The van der Waals surface area contributed by atoms with Crippen molar-refractivity contribution in [1.82, 2.24) is 10.6 Å². The van der Waals surface area contributed by atoms with Crippen molar-refractivity contribution in [2.24, 2.45) is 34.5 Å². The third-order valence-electron chi connectivity index (χ3n) is 10.1. The zero-order chi connectivity index (χ0) is 22.8. The lowest BCUT2D eigenvalue weighted by Crippen LogP contribution is -2.59. The quantitative estimate of drug-likeness (QED) is 0.446. The maximum atomic E-state index is 13.2. The minimum absolute atomic E-state index is 0.0742. The fraction of sp³-hybridized carbons (Fsp3) is 0.857. The molecular weight excluding hydrogens is 396 g/mol. The molecule has 2 amide bonds. The number of nitrogens with one attached hydrogen (secondary N) is 2. The molecule has 0 spiro atoms. The van der Waals surface area contributed by atoms with Crippen molar-refractivity contribution < 1.29 is 9.59 Å². The first-order valence-electron chi connectivity index (χ1n) is 13.7. The van der Waals surface area contributed by atoms with Gasteiger partial charge in [-0.1, -0.05) is 65.4 Å². The maximum Gasteiger partial charge on any atom is 0.243 e. The summed E-state index contributed by atoms with van der Waals surface area (Å²) >= 11 is 0. The number of amides is 2. The minimum atomic E-state index is 0.0742. The normalized spacial score (nSPS) is 40.2. The van der Waals surface area contributed by atoms with Gasteiger partial charge in [0.25, 0.3) is 0 Å². The molecule has 0 saturated heterocycles. The molecule has 3 fully saturated rings. The molecule has 4 nitrogen and oxygen atoms in total. The summed E-state index contributed by atoms with van der Waals surface area (Å²) in [4.78, 5) is 25.1. The molecule has 4 rings (SSSR count). The number of hydrogen-bond donors (Lipinski definition) is 2. The lowest BCUT2D eigenvalue weighted by Gasteiger charge is -2.58. The van der Waals surface area contributed by atoms with Crippen LogP contribution < -0.4 is 10.6 Å². The third-order valence-corrected chi connectivity index (χ3v) is 10.1. The second kappa shape index (κ2) is 9.89. The van der Waals surface area contributed by atoms with Crippen LogP contribution in [-0.2, 0) is 9.59 Å². The van der Waals surface area contributed by atoms with Gasteiger partial charge < -0.3 is 10.6 Å². The van der Waals surface area contributed by atoms with Crippen molar-refractivity contribution in [3.05, 3.63) is 12.2 Å². The van der Waals surface area contributed by atoms with E-state index in [1.165, 1.54) is 57.8 Å². The lowest BCUT2D eigenvalue weighted by molar-refractivity contribution is -0.134. The number of rotatable bonds is 9. The van der Waals surface area contributed by atoms with Gasteiger partial charge in [-0.25, -0.2) is 0 Å². The molecule has 7 atom stereocenters. The molecule has 180 valence electrons. The van der Waals surface area contributed by atoms with Gasteiger partial charge in [-0.2, -0.15) is 0 Å². The summed E-state index contributed by atoms with van der Waals surface area (Å²) in [7, 11) is 0. The fourth-order valence-electron chi connectivity index (χ4n) is 8.18. The number of carbonyl (C=O) groups excluding carboxylic acids is 2. The molecule has 3 saturated carbocycles. The Balaban J connectivity index is 1.31. The highest BCUT2D eigenvalue weighted by molar-refractivity contribution is 5.89. The largest absolute Gasteiger partial charge is 0.356 e. The van der Waals surface area contributed by atoms with E-state index in [-0.39, 0.29) is 28.7 Å². The smallest absolute Gasteiger partial charge is 0.243 e. The van der Waals surface area contributed by atoms with E-state index in [9.17, 15) is 9.59 Å². The van der Waals surface area contributed by atoms with E-state index in [0.717, 1.165) is 32.2 Å². The highest BCUT2D eigenvalue weighted by atomic mass is 16.2. The summed E-state index contributed by atoms with van der Waals surface area (Å²) in [5, 5.41) is 6.56. The molecule has 1 heterocycles. The average Bonchev–Trinajstić information content (AvgIpc) is 3.13. The minimum Gasteiger partial charge on any atom is -0.356 e. The van der Waals surface area contributed by atoms with Crippen molar-refractivity contribution >= 4 is 11.8 Å². The van der Waals surface area contributed by atoms with E-state index in [4.69, 9.17) is 0 Å². The monoisotopic (exact) mass is 442 g/mol. The molecule has 0 bridgehead atoms. The van der Waals surface area contributed by atoms with Gasteiger partial charge in [0.1, 0.15) is 0 Å². The van der Waals surface area contributed by atoms with Crippen molar-refractivity contribution in [1.29, 1.82) is 0 Å². The van der Waals surface area contributed by atoms with Gasteiger partial charge >= 0.3 is 0 Å². The Kier molecular flexibility index (Phi) is 7.36. The number of carbonyl (C=O) groups is 2. The van der Waals surface area contributed by atoms with Crippen LogP contribution in [0, 0.1) is 34.5 Å². The van der Waals surface area contributed by atoms with Crippen LogP contribution in [0.25, 0.3) is 0 Å². The number of hydrogen-bond acceptors (Lipinski definition) is 2. The Morgan fingerprint density at radius 3 is 2.53 bits per heavy atom. The van der Waals surface area contributed by atoms with Crippen LogP contribution in [-0.4, -0.2) is 24.4 Å². The van der Waals surface area contributed by atoms with Crippen molar-refractivity contribution in [2.75, 3.05) is 6.54 Å². The topological polar surface area (TPSA) is 58.2 Å². The molecule has 2 N–H and O–H groups in total. The molecule has 4 heteroatoms. The van der Waals surface area contributed by atoms with Crippen molar-refractivity contribution in [2.45, 2.75) is 110 Å². The van der Waals surface area contributed by atoms with Gasteiger partial charge in [0.05, 0.1) is 0 Å². The first kappa shape index (κ1) is 23.8. The molecule has 3 aliphatic carbocycles. The summed E-state index contributed by atoms with van der Waals surface area (Å²) < 4.78 is 0. The first-order valence-corrected chi connectivity index (χ1v) is 13.7. The van der Waals surface area contributed by atoms with Gasteiger partial charge in [-0.15, -0.1) is 0 Å². The Bertz CT molecular complexity index is 718. The van der Waals surface area contributed by atoms with Crippen molar-refractivity contribution in [3.63, 3.8) is 0 Å². The zero-order valence-corrected chi connectivity index (χ0v) is 20.8. The van der Waals surface area contributed by atoms with Gasteiger partial charge in [-0.05, 0) is 74.2 Å². The Labute approximate surface area is 195 Å². The summed E-state index contributed by atoms with van der Waals surface area (Å²) in [6, 6.07) is 0.285. The van der Waals surface area contributed by atoms with Gasteiger partial charge in [-0.3, -0.25) is 9.59 Å². The molecule has 4 aliphatic rings. The van der Waals surface area contributed by atoms with Gasteiger partial charge in [0.2, 0.25) is 11.8 Å². The lowest BCUT2D eigenvalue weighted by atomic mass is 9.48. The predicted molar refractivity (Wildman–Crippen MR) is 130 cm³/mol.